The van der Waals surface area contributed by atoms with Gasteiger partial charge in [-0.25, -0.2) is 0 Å². The molecule has 122 valence electrons. The lowest BCUT2D eigenvalue weighted by Gasteiger charge is -2.18. The summed E-state index contributed by atoms with van der Waals surface area (Å²) in [5, 5.41) is 13.1. The molecule has 24 heavy (non-hydrogen) atoms. The summed E-state index contributed by atoms with van der Waals surface area (Å²) in [6.07, 6.45) is 0. The highest BCUT2D eigenvalue weighted by molar-refractivity contribution is 6.30. The second-order valence-electron chi connectivity index (χ2n) is 5.17. The molecule has 0 fully saturated rings. The molecule has 3 rings (SSSR count). The normalized spacial score (nSPS) is 10.8. The number of rotatable bonds is 4. The number of Topliss-reactive ketones (excluding diaryl/α,β-unsaturated/α-hetero) is 1. The molecule has 1 aromatic heterocycles. The number of carbonyl (C=O) groups is 1. The summed E-state index contributed by atoms with van der Waals surface area (Å²) in [6, 6.07) is 12.8. The van der Waals surface area contributed by atoms with Crippen molar-refractivity contribution in [3.05, 3.63) is 75.1 Å². The van der Waals surface area contributed by atoms with Crippen LogP contribution in [0, 0.1) is 10.1 Å². The van der Waals surface area contributed by atoms with Crippen LogP contribution in [0.3, 0.4) is 0 Å². The standard InChI is InChI=1S/C17H13ClN2O4/c1-11(21)17-16(10-24-13-8-6-12(18)7-9-13)19(22)14-4-2-3-5-15(14)20(17)23/h2-9H,10H2,1H3. The van der Waals surface area contributed by atoms with Crippen LogP contribution < -0.4 is 9.16 Å². The lowest BCUT2D eigenvalue weighted by atomic mass is 10.2. The Morgan fingerprint density at radius 1 is 1.21 bits per heavy atom. The van der Waals surface area contributed by atoms with Gasteiger partial charge < -0.3 is 14.7 Å². The monoisotopic (exact) mass is 344 g/mol. The minimum atomic E-state index is -0.505. The fourth-order valence-corrected chi connectivity index (χ4v) is 2.57. The number of para-hydroxylation sites is 2. The lowest BCUT2D eigenvalue weighted by molar-refractivity contribution is -0.468. The average Bonchev–Trinajstić information content (AvgIpc) is 2.58. The molecule has 0 spiro atoms. The van der Waals surface area contributed by atoms with E-state index < -0.39 is 5.78 Å². The third kappa shape index (κ3) is 2.83. The minimum Gasteiger partial charge on any atom is -0.805 e. The molecule has 7 heteroatoms. The quantitative estimate of drug-likeness (QED) is 0.537. The molecule has 1 heterocycles. The van der Waals surface area contributed by atoms with Crippen LogP contribution in [0.5, 0.6) is 5.75 Å². The first-order chi connectivity index (χ1) is 11.5. The van der Waals surface area contributed by atoms with Crippen LogP contribution >= 0.6 is 11.6 Å². The van der Waals surface area contributed by atoms with Crippen molar-refractivity contribution in [2.45, 2.75) is 13.5 Å². The summed E-state index contributed by atoms with van der Waals surface area (Å²) in [6.45, 7) is 1.03. The van der Waals surface area contributed by atoms with Crippen LogP contribution in [-0.4, -0.2) is 10.5 Å². The van der Waals surface area contributed by atoms with E-state index in [1.54, 1.807) is 36.4 Å². The number of carbonyl (C=O) groups excluding carboxylic acids is 1. The van der Waals surface area contributed by atoms with E-state index in [0.717, 1.165) is 0 Å². The molecule has 0 saturated carbocycles. The largest absolute Gasteiger partial charge is 0.805 e. The highest BCUT2D eigenvalue weighted by Gasteiger charge is 2.26. The number of aromatic nitrogens is 2. The van der Waals surface area contributed by atoms with E-state index in [0.29, 0.717) is 19.9 Å². The number of hydrogen-bond donors (Lipinski definition) is 0. The maximum Gasteiger partial charge on any atom is 0.328 e. The van der Waals surface area contributed by atoms with Crippen LogP contribution in [0.4, 0.5) is 0 Å². The summed E-state index contributed by atoms with van der Waals surface area (Å²) >= 11 is 5.81. The van der Waals surface area contributed by atoms with Crippen LogP contribution in [0.1, 0.15) is 23.1 Å². The van der Waals surface area contributed by atoms with Gasteiger partial charge in [-0.05, 0) is 30.3 Å². The number of fused-ring (bicyclic) bond motifs is 1. The first-order valence-electron chi connectivity index (χ1n) is 7.15. The maximum absolute atomic E-state index is 12.6. The van der Waals surface area contributed by atoms with Gasteiger partial charge in [0.25, 0.3) is 5.52 Å². The summed E-state index contributed by atoms with van der Waals surface area (Å²) in [7, 11) is 0. The average molecular weight is 345 g/mol. The van der Waals surface area contributed by atoms with E-state index in [1.807, 2.05) is 0 Å². The van der Waals surface area contributed by atoms with Crippen molar-refractivity contribution in [1.82, 2.24) is 4.73 Å². The number of hydrogen-bond acceptors (Lipinski definition) is 4. The highest BCUT2D eigenvalue weighted by Crippen LogP contribution is 2.19. The second kappa shape index (κ2) is 6.33. The van der Waals surface area contributed by atoms with Gasteiger partial charge in [0, 0.05) is 22.9 Å². The van der Waals surface area contributed by atoms with Crippen molar-refractivity contribution >= 4 is 28.4 Å². The smallest absolute Gasteiger partial charge is 0.328 e. The van der Waals surface area contributed by atoms with Crippen LogP contribution in [0.2, 0.25) is 5.02 Å². The van der Waals surface area contributed by atoms with E-state index in [9.17, 15) is 14.9 Å². The Hall–Kier alpha value is -2.86. The van der Waals surface area contributed by atoms with Crippen molar-refractivity contribution in [2.75, 3.05) is 0 Å². The molecule has 0 unspecified atom stereocenters. The Balaban J connectivity index is 2.10. The lowest BCUT2D eigenvalue weighted by Crippen LogP contribution is -2.31. The van der Waals surface area contributed by atoms with Gasteiger partial charge in [0.2, 0.25) is 5.78 Å². The molecule has 0 N–H and O–H groups in total. The Morgan fingerprint density at radius 3 is 2.54 bits per heavy atom. The second-order valence-corrected chi connectivity index (χ2v) is 5.61. The zero-order chi connectivity index (χ0) is 17.3. The van der Waals surface area contributed by atoms with Gasteiger partial charge in [0.15, 0.2) is 0 Å². The van der Waals surface area contributed by atoms with Crippen molar-refractivity contribution in [3.8, 4) is 5.75 Å². The Labute approximate surface area is 142 Å². The predicted molar refractivity (Wildman–Crippen MR) is 89.9 cm³/mol. The van der Waals surface area contributed by atoms with Gasteiger partial charge in [0.05, 0.1) is 4.43 Å². The molecule has 0 amide bonds. The van der Waals surface area contributed by atoms with Crippen LogP contribution in [0.25, 0.3) is 11.0 Å². The predicted octanol–water partition coefficient (Wildman–Crippen LogP) is 3.34. The van der Waals surface area contributed by atoms with Gasteiger partial charge >= 0.3 is 5.69 Å². The third-order valence-electron chi connectivity index (χ3n) is 3.56. The molecule has 0 aliphatic rings. The summed E-state index contributed by atoms with van der Waals surface area (Å²) < 4.78 is 6.58. The Morgan fingerprint density at radius 2 is 1.88 bits per heavy atom. The molecule has 6 nitrogen and oxygen atoms in total. The van der Waals surface area contributed by atoms with Gasteiger partial charge in [-0.1, -0.05) is 23.7 Å². The molecule has 3 aromatic rings. The molecular formula is C17H13ClN2O4. The van der Waals surface area contributed by atoms with Crippen molar-refractivity contribution < 1.29 is 14.0 Å². The molecule has 0 bridgehead atoms. The van der Waals surface area contributed by atoms with E-state index >= 15 is 0 Å². The highest BCUT2D eigenvalue weighted by atomic mass is 35.5. The summed E-state index contributed by atoms with van der Waals surface area (Å²) in [5.41, 5.74) is 0.0453. The molecule has 0 saturated heterocycles. The molecule has 0 aliphatic heterocycles. The zero-order valence-corrected chi connectivity index (χ0v) is 13.5. The van der Waals surface area contributed by atoms with Gasteiger partial charge in [-0.15, -0.1) is 0 Å². The number of halogens is 1. The van der Waals surface area contributed by atoms with E-state index in [4.69, 9.17) is 16.3 Å². The van der Waals surface area contributed by atoms with Crippen LogP contribution in [-0.2, 0) is 6.61 Å². The van der Waals surface area contributed by atoms with Gasteiger partial charge in [-0.2, -0.15) is 0 Å². The van der Waals surface area contributed by atoms with E-state index in [-0.39, 0.29) is 29.0 Å². The van der Waals surface area contributed by atoms with Crippen molar-refractivity contribution in [3.63, 3.8) is 0 Å². The maximum atomic E-state index is 12.6. The van der Waals surface area contributed by atoms with Crippen molar-refractivity contribution in [1.29, 1.82) is 0 Å². The van der Waals surface area contributed by atoms with E-state index in [1.165, 1.54) is 19.1 Å². The molecule has 2 aromatic carbocycles. The third-order valence-corrected chi connectivity index (χ3v) is 3.82. The summed E-state index contributed by atoms with van der Waals surface area (Å²) in [5.74, 6) is -0.0328. The topological polar surface area (TPSA) is 77.3 Å². The SMILES string of the molecule is CC(=O)c1c(COc2ccc(Cl)cc2)n([O-])c2ccccc2[n+]1=O. The van der Waals surface area contributed by atoms with Gasteiger partial charge in [-0.3, -0.25) is 4.79 Å². The first kappa shape index (κ1) is 16.0. The Bertz CT molecular complexity index is 980. The molecule has 0 radical (unpaired) electrons. The van der Waals surface area contributed by atoms with Crippen molar-refractivity contribution in [2.24, 2.45) is 0 Å². The molecule has 0 atom stereocenters. The number of ether oxygens (including phenoxy) is 1. The fourth-order valence-electron chi connectivity index (χ4n) is 2.44. The first-order valence-corrected chi connectivity index (χ1v) is 7.53. The number of ketones is 1. The minimum absolute atomic E-state index is 0.0360. The summed E-state index contributed by atoms with van der Waals surface area (Å²) in [4.78, 5) is 24.4. The van der Waals surface area contributed by atoms with E-state index in [2.05, 4.69) is 0 Å². The fraction of sp³-hybridized carbons (Fsp3) is 0.118. The zero-order valence-electron chi connectivity index (χ0n) is 12.7. The van der Waals surface area contributed by atoms with Gasteiger partial charge in [0.1, 0.15) is 23.6 Å². The molecular weight excluding hydrogens is 332 g/mol. The number of benzene rings is 2. The van der Waals surface area contributed by atoms with Crippen LogP contribution in [0.15, 0.2) is 48.5 Å². The Kier molecular flexibility index (Phi) is 4.22. The molecule has 0 aliphatic carbocycles. The number of nitrogens with zero attached hydrogens (tertiary/aromatic N) is 2.